The summed E-state index contributed by atoms with van der Waals surface area (Å²) >= 11 is 0. The first-order valence-electron chi connectivity index (χ1n) is 12.3. The minimum absolute atomic E-state index is 0.0192. The van der Waals surface area contributed by atoms with Crippen molar-refractivity contribution in [2.45, 2.75) is 19.9 Å². The van der Waals surface area contributed by atoms with Crippen LogP contribution >= 0.6 is 0 Å². The van der Waals surface area contributed by atoms with Gasteiger partial charge in [-0.1, -0.05) is 29.8 Å². The van der Waals surface area contributed by atoms with Crippen molar-refractivity contribution in [3.05, 3.63) is 121 Å². The lowest BCUT2D eigenvalue weighted by molar-refractivity contribution is 0.429. The van der Waals surface area contributed by atoms with E-state index in [1.807, 2.05) is 31.2 Å². The summed E-state index contributed by atoms with van der Waals surface area (Å²) in [6.07, 6.45) is 0. The summed E-state index contributed by atoms with van der Waals surface area (Å²) < 4.78 is 10.2. The number of nitrogens with two attached hydrogens (primary N) is 1. The second-order valence-electron chi connectivity index (χ2n) is 9.42. The van der Waals surface area contributed by atoms with Gasteiger partial charge in [0, 0.05) is 0 Å². The van der Waals surface area contributed by atoms with Crippen LogP contribution in [-0.2, 0) is 0 Å². The highest BCUT2D eigenvalue weighted by Gasteiger charge is 2.39. The molecule has 0 aliphatic carbocycles. The largest absolute Gasteiger partial charge is 0.439 e. The molecule has 3 aromatic carbocycles. The van der Waals surface area contributed by atoms with Crippen LogP contribution in [0.5, 0.6) is 11.6 Å². The second kappa shape index (κ2) is 9.15. The Balaban J connectivity index is 1.66. The Morgan fingerprint density at radius 2 is 1.52 bits per heavy atom. The number of ether oxygens (including phenoxy) is 1. The summed E-state index contributed by atoms with van der Waals surface area (Å²) in [5.74, 6) is 0.509. The molecular formula is C30H21N7O3. The third-order valence-corrected chi connectivity index (χ3v) is 6.96. The Morgan fingerprint density at radius 3 is 2.15 bits per heavy atom. The summed E-state index contributed by atoms with van der Waals surface area (Å²) in [7, 11) is 0. The van der Waals surface area contributed by atoms with Gasteiger partial charge in [-0.25, -0.2) is 9.36 Å². The molecule has 1 aliphatic rings. The Labute approximate surface area is 227 Å². The number of nitriles is 2. The van der Waals surface area contributed by atoms with Crippen LogP contribution in [0.25, 0.3) is 22.3 Å². The van der Waals surface area contributed by atoms with Gasteiger partial charge in [-0.15, -0.1) is 0 Å². The Morgan fingerprint density at radius 1 is 0.875 bits per heavy atom. The minimum Gasteiger partial charge on any atom is -0.439 e. The molecule has 0 amide bonds. The predicted molar refractivity (Wildman–Crippen MR) is 148 cm³/mol. The highest BCUT2D eigenvalue weighted by Crippen LogP contribution is 2.42. The molecular weight excluding hydrogens is 506 g/mol. The van der Waals surface area contributed by atoms with Gasteiger partial charge in [-0.3, -0.25) is 9.59 Å². The van der Waals surface area contributed by atoms with Crippen LogP contribution in [-0.4, -0.2) is 19.1 Å². The van der Waals surface area contributed by atoms with Gasteiger partial charge >= 0.3 is 0 Å². The second-order valence-corrected chi connectivity index (χ2v) is 9.42. The first kappa shape index (κ1) is 24.5. The van der Waals surface area contributed by atoms with E-state index >= 15 is 0 Å². The number of allylic oxidation sites excluding steroid dienone is 1. The Kier molecular flexibility index (Phi) is 5.60. The lowest BCUT2D eigenvalue weighted by Gasteiger charge is -2.18. The summed E-state index contributed by atoms with van der Waals surface area (Å²) in [6.45, 7) is 3.71. The maximum atomic E-state index is 13.8. The van der Waals surface area contributed by atoms with Gasteiger partial charge in [0.05, 0.1) is 39.3 Å². The van der Waals surface area contributed by atoms with Crippen LogP contribution in [0.2, 0.25) is 0 Å². The van der Waals surface area contributed by atoms with Crippen molar-refractivity contribution in [3.63, 3.8) is 0 Å². The number of rotatable bonds is 4. The fourth-order valence-corrected chi connectivity index (χ4v) is 5.00. The molecule has 0 radical (unpaired) electrons. The van der Waals surface area contributed by atoms with Crippen molar-refractivity contribution in [2.24, 2.45) is 5.73 Å². The van der Waals surface area contributed by atoms with Gasteiger partial charge in [0.25, 0.3) is 11.1 Å². The van der Waals surface area contributed by atoms with Gasteiger partial charge in [0.15, 0.2) is 0 Å². The minimum atomic E-state index is -1.08. The molecule has 10 heteroatoms. The summed E-state index contributed by atoms with van der Waals surface area (Å²) in [5, 5.41) is 24.6. The Bertz CT molecular complexity index is 2070. The van der Waals surface area contributed by atoms with E-state index in [-0.39, 0.29) is 28.0 Å². The molecule has 2 N–H and O–H groups in total. The van der Waals surface area contributed by atoms with Crippen LogP contribution in [0.3, 0.4) is 0 Å². The molecule has 1 atom stereocenters. The van der Waals surface area contributed by atoms with Crippen molar-refractivity contribution >= 4 is 16.6 Å². The first-order chi connectivity index (χ1) is 19.3. The average Bonchev–Trinajstić information content (AvgIpc) is 3.44. The zero-order valence-corrected chi connectivity index (χ0v) is 21.5. The summed E-state index contributed by atoms with van der Waals surface area (Å²) in [5.41, 5.74) is 8.44. The molecule has 0 saturated heterocycles. The molecule has 10 nitrogen and oxygen atoms in total. The van der Waals surface area contributed by atoms with Crippen molar-refractivity contribution in [2.75, 3.05) is 0 Å². The van der Waals surface area contributed by atoms with Gasteiger partial charge < -0.3 is 10.5 Å². The van der Waals surface area contributed by atoms with Crippen LogP contribution in [0.15, 0.2) is 88.0 Å². The molecule has 2 aromatic heterocycles. The number of hydrogen-bond acceptors (Lipinski definition) is 7. The lowest BCUT2D eigenvalue weighted by Crippen LogP contribution is -2.38. The topological polar surface area (TPSA) is 145 Å². The molecule has 0 saturated carbocycles. The quantitative estimate of drug-likeness (QED) is 0.373. The number of nitrogens with zero attached hydrogens (tertiary/aromatic N) is 6. The maximum absolute atomic E-state index is 13.8. The average molecular weight is 528 g/mol. The standard InChI is InChI=1S/C30H21N7O3/c1-17-7-11-20(12-8-17)35-30(40-21-13-9-19(15-31)10-14-21)25(18(2)34-35)26-24(16-32)27(33)37-29(39)23-6-4-3-5-22(23)28(38)36(26)37/h3-14,26H,33H2,1-2H3. The third-order valence-electron chi connectivity index (χ3n) is 6.96. The Hall–Kier alpha value is -5.87. The molecule has 1 aliphatic heterocycles. The molecule has 40 heavy (non-hydrogen) atoms. The highest BCUT2D eigenvalue weighted by atomic mass is 16.5. The lowest BCUT2D eigenvalue weighted by atomic mass is 10.0. The van der Waals surface area contributed by atoms with Crippen molar-refractivity contribution in [1.29, 1.82) is 10.5 Å². The fraction of sp³-hybridized carbons (Fsp3) is 0.100. The van der Waals surface area contributed by atoms with Gasteiger partial charge in [0.2, 0.25) is 5.88 Å². The molecule has 0 bridgehead atoms. The number of fused-ring (bicyclic) bond motifs is 2. The number of aromatic nitrogens is 4. The molecule has 0 fully saturated rings. The zero-order valence-electron chi connectivity index (χ0n) is 21.5. The first-order valence-corrected chi connectivity index (χ1v) is 12.3. The summed E-state index contributed by atoms with van der Waals surface area (Å²) in [6, 6.07) is 23.7. The van der Waals surface area contributed by atoms with Gasteiger partial charge in [-0.05, 0) is 62.4 Å². The molecule has 5 aromatic rings. The van der Waals surface area contributed by atoms with E-state index < -0.39 is 17.2 Å². The van der Waals surface area contributed by atoms with E-state index in [4.69, 9.17) is 15.6 Å². The van der Waals surface area contributed by atoms with E-state index in [0.29, 0.717) is 28.3 Å². The predicted octanol–water partition coefficient (Wildman–Crippen LogP) is 3.88. The normalized spacial score (nSPS) is 14.2. The van der Waals surface area contributed by atoms with E-state index in [1.54, 1.807) is 60.1 Å². The van der Waals surface area contributed by atoms with Crippen LogP contribution in [0, 0.1) is 36.5 Å². The third kappa shape index (κ3) is 3.59. The molecule has 194 valence electrons. The number of hydrogen-bond donors (Lipinski definition) is 1. The number of benzene rings is 3. The monoisotopic (exact) mass is 527 g/mol. The zero-order chi connectivity index (χ0) is 28.1. The molecule has 6 rings (SSSR count). The van der Waals surface area contributed by atoms with E-state index in [9.17, 15) is 20.1 Å². The van der Waals surface area contributed by atoms with E-state index in [2.05, 4.69) is 12.1 Å². The maximum Gasteiger partial charge on any atom is 0.279 e. The van der Waals surface area contributed by atoms with E-state index in [1.165, 1.54) is 4.68 Å². The molecule has 1 unspecified atom stereocenters. The van der Waals surface area contributed by atoms with Crippen LogP contribution in [0.4, 0.5) is 0 Å². The highest BCUT2D eigenvalue weighted by molar-refractivity contribution is 5.82. The summed E-state index contributed by atoms with van der Waals surface area (Å²) in [4.78, 5) is 27.3. The van der Waals surface area contributed by atoms with Crippen molar-refractivity contribution < 1.29 is 4.74 Å². The van der Waals surface area contributed by atoms with Gasteiger partial charge in [0.1, 0.15) is 29.3 Å². The number of aryl methyl sites for hydroxylation is 2. The molecule has 0 spiro atoms. The van der Waals surface area contributed by atoms with E-state index in [0.717, 1.165) is 10.2 Å². The van der Waals surface area contributed by atoms with Crippen LogP contribution < -0.4 is 21.6 Å². The van der Waals surface area contributed by atoms with Crippen molar-refractivity contribution in [1.82, 2.24) is 19.1 Å². The van der Waals surface area contributed by atoms with Gasteiger partial charge in [-0.2, -0.15) is 20.3 Å². The van der Waals surface area contributed by atoms with Crippen LogP contribution in [0.1, 0.15) is 28.4 Å². The molecule has 3 heterocycles. The SMILES string of the molecule is Cc1ccc(-n2nc(C)c(C3C(C#N)=C(N)n4c(=O)c5ccccc5c(=O)n43)c2Oc2ccc(C#N)cc2)cc1. The smallest absolute Gasteiger partial charge is 0.279 e. The van der Waals surface area contributed by atoms with Crippen molar-refractivity contribution in [3.8, 4) is 29.5 Å². The fourth-order valence-electron chi connectivity index (χ4n) is 5.00.